The van der Waals surface area contributed by atoms with Crippen molar-refractivity contribution in [1.82, 2.24) is 25.6 Å². The Morgan fingerprint density at radius 2 is 1.93 bits per heavy atom. The molecular weight excluding hydrogens is 425 g/mol. The van der Waals surface area contributed by atoms with Crippen LogP contribution in [0.5, 0.6) is 0 Å². The van der Waals surface area contributed by atoms with Crippen LogP contribution in [0.25, 0.3) is 11.3 Å². The second-order valence-electron chi connectivity index (χ2n) is 5.97. The number of hydrogen-bond donors (Lipinski definition) is 2. The van der Waals surface area contributed by atoms with Gasteiger partial charge >= 0.3 is 6.18 Å². The molecular formula is C16H15Cl2F4N5O. The van der Waals surface area contributed by atoms with Crippen LogP contribution in [0.4, 0.5) is 17.6 Å². The fraction of sp³-hybridized carbons (Fsp3) is 0.375. The molecule has 12 heteroatoms. The highest BCUT2D eigenvalue weighted by Crippen LogP contribution is 2.27. The lowest BCUT2D eigenvalue weighted by Gasteiger charge is -2.12. The minimum absolute atomic E-state index is 0. The first-order chi connectivity index (χ1) is 12.7. The van der Waals surface area contributed by atoms with E-state index in [9.17, 15) is 22.4 Å². The van der Waals surface area contributed by atoms with Gasteiger partial charge in [-0.3, -0.25) is 9.78 Å². The summed E-state index contributed by atoms with van der Waals surface area (Å²) in [4.78, 5) is 22.7. The number of hydrogen-bond acceptors (Lipinski definition) is 5. The number of aromatic nitrogens is 3. The highest BCUT2D eigenvalue weighted by atomic mass is 35.5. The standard InChI is InChI=1S/C16H14ClF4N5O.ClH/c17-11-7-23-12(9-4-25-15(26-5-9)16(19,20)21)1-8(11)3-24-14(27)13-2-10(18)6-22-13;/h1,4-5,7,10,13,22H,2-3,6H2,(H,24,27);1H. The number of amides is 1. The zero-order valence-corrected chi connectivity index (χ0v) is 15.7. The Morgan fingerprint density at radius 3 is 2.50 bits per heavy atom. The summed E-state index contributed by atoms with van der Waals surface area (Å²) in [5.41, 5.74) is 1.08. The van der Waals surface area contributed by atoms with Gasteiger partial charge in [0.2, 0.25) is 11.7 Å². The summed E-state index contributed by atoms with van der Waals surface area (Å²) in [7, 11) is 0. The van der Waals surface area contributed by atoms with Gasteiger partial charge in [0, 0.05) is 43.7 Å². The van der Waals surface area contributed by atoms with Crippen LogP contribution in [0.3, 0.4) is 0 Å². The van der Waals surface area contributed by atoms with E-state index in [2.05, 4.69) is 25.6 Å². The van der Waals surface area contributed by atoms with Gasteiger partial charge in [0.15, 0.2) is 0 Å². The van der Waals surface area contributed by atoms with Crippen LogP contribution in [0.1, 0.15) is 17.8 Å². The fourth-order valence-corrected chi connectivity index (χ4v) is 2.75. The van der Waals surface area contributed by atoms with Crippen molar-refractivity contribution in [2.75, 3.05) is 6.54 Å². The molecule has 3 heterocycles. The molecule has 0 aromatic carbocycles. The maximum Gasteiger partial charge on any atom is 0.451 e. The molecule has 2 aromatic rings. The van der Waals surface area contributed by atoms with Crippen LogP contribution < -0.4 is 10.6 Å². The number of carbonyl (C=O) groups excluding carboxylic acids is 1. The summed E-state index contributed by atoms with van der Waals surface area (Å²) in [6, 6.07) is 0.914. The second kappa shape index (κ2) is 8.97. The third kappa shape index (κ3) is 5.27. The Kier molecular flexibility index (Phi) is 7.13. The predicted octanol–water partition coefficient (Wildman–Crippen LogP) is 2.95. The zero-order valence-electron chi connectivity index (χ0n) is 14.1. The molecule has 1 saturated heterocycles. The lowest BCUT2D eigenvalue weighted by Crippen LogP contribution is -2.40. The maximum atomic E-state index is 13.1. The van der Waals surface area contributed by atoms with Gasteiger partial charge in [-0.2, -0.15) is 13.2 Å². The number of nitrogens with one attached hydrogen (secondary N) is 2. The van der Waals surface area contributed by atoms with E-state index in [1.165, 1.54) is 12.3 Å². The van der Waals surface area contributed by atoms with Crippen molar-refractivity contribution in [3.05, 3.63) is 41.1 Å². The van der Waals surface area contributed by atoms with Crippen molar-refractivity contribution in [1.29, 1.82) is 0 Å². The van der Waals surface area contributed by atoms with E-state index >= 15 is 0 Å². The quantitative estimate of drug-likeness (QED) is 0.715. The fourth-order valence-electron chi connectivity index (χ4n) is 2.58. The third-order valence-electron chi connectivity index (χ3n) is 3.98. The summed E-state index contributed by atoms with van der Waals surface area (Å²) in [6.07, 6.45) is -2.24. The van der Waals surface area contributed by atoms with Gasteiger partial charge in [-0.1, -0.05) is 11.6 Å². The molecule has 0 spiro atoms. The Morgan fingerprint density at radius 1 is 1.25 bits per heavy atom. The van der Waals surface area contributed by atoms with E-state index in [0.29, 0.717) is 11.3 Å². The van der Waals surface area contributed by atoms with Crippen molar-refractivity contribution < 1.29 is 22.4 Å². The second-order valence-corrected chi connectivity index (χ2v) is 6.37. The van der Waals surface area contributed by atoms with Crippen molar-refractivity contribution in [3.8, 4) is 11.3 Å². The molecule has 0 saturated carbocycles. The first-order valence-corrected chi connectivity index (χ1v) is 8.31. The molecule has 152 valence electrons. The first kappa shape index (κ1) is 22.3. The Hall–Kier alpha value is -2.04. The van der Waals surface area contributed by atoms with E-state index < -0.39 is 24.2 Å². The number of alkyl halides is 4. The molecule has 3 rings (SSSR count). The molecule has 2 atom stereocenters. The smallest absolute Gasteiger partial charge is 0.351 e. The highest BCUT2D eigenvalue weighted by Gasteiger charge is 2.34. The van der Waals surface area contributed by atoms with Gasteiger partial charge in [-0.05, 0) is 11.6 Å². The molecule has 1 fully saturated rings. The van der Waals surface area contributed by atoms with Gasteiger partial charge in [0.1, 0.15) is 6.17 Å². The van der Waals surface area contributed by atoms with E-state index in [-0.39, 0.29) is 48.4 Å². The van der Waals surface area contributed by atoms with Gasteiger partial charge < -0.3 is 10.6 Å². The number of nitrogens with zero attached hydrogens (tertiary/aromatic N) is 3. The summed E-state index contributed by atoms with van der Waals surface area (Å²) >= 11 is 6.07. The van der Waals surface area contributed by atoms with E-state index in [1.807, 2.05) is 0 Å². The van der Waals surface area contributed by atoms with Crippen molar-refractivity contribution in [3.63, 3.8) is 0 Å². The molecule has 1 amide bonds. The molecule has 2 unspecified atom stereocenters. The highest BCUT2D eigenvalue weighted by molar-refractivity contribution is 6.31. The first-order valence-electron chi connectivity index (χ1n) is 7.93. The average Bonchev–Trinajstić information content (AvgIpc) is 3.07. The lowest BCUT2D eigenvalue weighted by atomic mass is 10.1. The molecule has 0 aliphatic carbocycles. The summed E-state index contributed by atoms with van der Waals surface area (Å²) in [6.45, 7) is 0.190. The van der Waals surface area contributed by atoms with E-state index in [0.717, 1.165) is 12.4 Å². The minimum Gasteiger partial charge on any atom is -0.351 e. The molecule has 2 aromatic heterocycles. The third-order valence-corrected chi connectivity index (χ3v) is 4.32. The molecule has 1 aliphatic heterocycles. The Bertz CT molecular complexity index is 835. The Balaban J connectivity index is 0.00000280. The van der Waals surface area contributed by atoms with Crippen molar-refractivity contribution in [2.45, 2.75) is 31.4 Å². The van der Waals surface area contributed by atoms with E-state index in [4.69, 9.17) is 11.6 Å². The maximum absolute atomic E-state index is 13.1. The topological polar surface area (TPSA) is 79.8 Å². The van der Waals surface area contributed by atoms with Crippen LogP contribution in [0.15, 0.2) is 24.7 Å². The summed E-state index contributed by atoms with van der Waals surface area (Å²) < 4.78 is 50.8. The predicted molar refractivity (Wildman–Crippen MR) is 95.7 cm³/mol. The van der Waals surface area contributed by atoms with Crippen LogP contribution in [0.2, 0.25) is 5.02 Å². The SMILES string of the molecule is Cl.O=C(NCc1cc(-c2cnc(C(F)(F)F)nc2)ncc1Cl)C1CC(F)CN1. The molecule has 6 nitrogen and oxygen atoms in total. The van der Waals surface area contributed by atoms with Gasteiger partial charge in [0.05, 0.1) is 16.8 Å². The van der Waals surface area contributed by atoms with Crippen LogP contribution in [0, 0.1) is 0 Å². The summed E-state index contributed by atoms with van der Waals surface area (Å²) in [5.74, 6) is -1.61. The van der Waals surface area contributed by atoms with Crippen LogP contribution >= 0.6 is 24.0 Å². The molecule has 0 bridgehead atoms. The number of carbonyl (C=O) groups is 1. The largest absolute Gasteiger partial charge is 0.451 e. The lowest BCUT2D eigenvalue weighted by molar-refractivity contribution is -0.145. The van der Waals surface area contributed by atoms with Crippen molar-refractivity contribution in [2.24, 2.45) is 0 Å². The zero-order chi connectivity index (χ0) is 19.6. The number of pyridine rings is 1. The molecule has 1 aliphatic rings. The summed E-state index contributed by atoms with van der Waals surface area (Å²) in [5, 5.41) is 5.69. The van der Waals surface area contributed by atoms with Gasteiger partial charge in [-0.15, -0.1) is 12.4 Å². The van der Waals surface area contributed by atoms with E-state index in [1.54, 1.807) is 0 Å². The monoisotopic (exact) mass is 439 g/mol. The van der Waals surface area contributed by atoms with Crippen molar-refractivity contribution >= 4 is 29.9 Å². The van der Waals surface area contributed by atoms with Crippen LogP contribution in [-0.2, 0) is 17.5 Å². The van der Waals surface area contributed by atoms with Gasteiger partial charge in [0.25, 0.3) is 0 Å². The minimum atomic E-state index is -4.63. The Labute approximate surface area is 168 Å². The average molecular weight is 440 g/mol. The number of rotatable bonds is 4. The van der Waals surface area contributed by atoms with Crippen LogP contribution in [-0.4, -0.2) is 39.6 Å². The molecule has 28 heavy (non-hydrogen) atoms. The normalized spacial score (nSPS) is 19.2. The molecule has 0 radical (unpaired) electrons. The molecule has 2 N–H and O–H groups in total. The number of halogens is 6. The van der Waals surface area contributed by atoms with Gasteiger partial charge in [-0.25, -0.2) is 14.4 Å².